The van der Waals surface area contributed by atoms with Crippen LogP contribution < -0.4 is 5.32 Å². The van der Waals surface area contributed by atoms with Gasteiger partial charge in [0.15, 0.2) is 0 Å². The zero-order valence-corrected chi connectivity index (χ0v) is 10.6. The smallest absolute Gasteiger partial charge is 0.123 e. The Balaban J connectivity index is 2.33. The Hall–Kier alpha value is -0.410. The van der Waals surface area contributed by atoms with Gasteiger partial charge in [-0.05, 0) is 36.7 Å². The van der Waals surface area contributed by atoms with E-state index >= 15 is 0 Å². The van der Waals surface area contributed by atoms with Crippen LogP contribution in [0.3, 0.4) is 0 Å². The van der Waals surface area contributed by atoms with Gasteiger partial charge in [0.2, 0.25) is 0 Å². The molecule has 0 fully saturated rings. The Morgan fingerprint density at radius 3 is 2.87 bits per heavy atom. The van der Waals surface area contributed by atoms with Crippen molar-refractivity contribution < 1.29 is 4.39 Å². The van der Waals surface area contributed by atoms with Crippen LogP contribution >= 0.6 is 15.9 Å². The van der Waals surface area contributed by atoms with Crippen LogP contribution in [0.5, 0.6) is 0 Å². The summed E-state index contributed by atoms with van der Waals surface area (Å²) in [6.07, 6.45) is 3.66. The lowest BCUT2D eigenvalue weighted by molar-refractivity contribution is 0.603. The maximum Gasteiger partial charge on any atom is 0.123 e. The summed E-state index contributed by atoms with van der Waals surface area (Å²) in [5.41, 5.74) is 0.978. The highest BCUT2D eigenvalue weighted by Crippen LogP contribution is 2.17. The molecule has 84 valence electrons. The quantitative estimate of drug-likeness (QED) is 0.776. The third kappa shape index (κ3) is 4.76. The van der Waals surface area contributed by atoms with Crippen molar-refractivity contribution in [3.8, 4) is 0 Å². The van der Waals surface area contributed by atoms with E-state index in [0.717, 1.165) is 23.1 Å². The minimum atomic E-state index is -0.177. The highest BCUT2D eigenvalue weighted by Gasteiger charge is 2.00. The predicted molar refractivity (Wildman–Crippen MR) is 65.3 cm³/mol. The fraction of sp³-hybridized carbons (Fsp3) is 0.500. The number of rotatable bonds is 6. The van der Waals surface area contributed by atoms with Gasteiger partial charge in [-0.3, -0.25) is 0 Å². The van der Waals surface area contributed by atoms with Crippen molar-refractivity contribution >= 4 is 15.9 Å². The maximum atomic E-state index is 12.9. The van der Waals surface area contributed by atoms with Gasteiger partial charge in [0.25, 0.3) is 0 Å². The van der Waals surface area contributed by atoms with E-state index in [1.165, 1.54) is 25.3 Å². The molecule has 0 aliphatic heterocycles. The van der Waals surface area contributed by atoms with Crippen LogP contribution in [-0.4, -0.2) is 6.54 Å². The molecule has 15 heavy (non-hydrogen) atoms. The lowest BCUT2D eigenvalue weighted by Gasteiger charge is -2.06. The molecule has 1 aromatic carbocycles. The number of nitrogens with one attached hydrogen (secondary N) is 1. The van der Waals surface area contributed by atoms with Gasteiger partial charge < -0.3 is 5.32 Å². The molecule has 0 aromatic heterocycles. The van der Waals surface area contributed by atoms with Gasteiger partial charge in [-0.15, -0.1) is 0 Å². The fourth-order valence-corrected chi connectivity index (χ4v) is 1.79. The first-order valence-electron chi connectivity index (χ1n) is 5.38. The topological polar surface area (TPSA) is 12.0 Å². The molecular weight excluding hydrogens is 257 g/mol. The molecule has 0 aliphatic carbocycles. The molecule has 0 atom stereocenters. The lowest BCUT2D eigenvalue weighted by atomic mass is 10.2. The van der Waals surface area contributed by atoms with E-state index in [2.05, 4.69) is 28.2 Å². The van der Waals surface area contributed by atoms with E-state index in [0.29, 0.717) is 0 Å². The van der Waals surface area contributed by atoms with Gasteiger partial charge in [-0.1, -0.05) is 35.7 Å². The molecule has 0 aliphatic rings. The second kappa shape index (κ2) is 6.96. The van der Waals surface area contributed by atoms with Gasteiger partial charge in [0, 0.05) is 11.0 Å². The molecular formula is C12H17BrFN. The van der Waals surface area contributed by atoms with Gasteiger partial charge >= 0.3 is 0 Å². The summed E-state index contributed by atoms with van der Waals surface area (Å²) in [6, 6.07) is 4.78. The summed E-state index contributed by atoms with van der Waals surface area (Å²) < 4.78 is 13.9. The normalized spacial score (nSPS) is 10.6. The van der Waals surface area contributed by atoms with Crippen LogP contribution in [-0.2, 0) is 6.54 Å². The first kappa shape index (κ1) is 12.7. The van der Waals surface area contributed by atoms with Crippen LogP contribution in [0.25, 0.3) is 0 Å². The maximum absolute atomic E-state index is 12.9. The molecule has 0 saturated carbocycles. The summed E-state index contributed by atoms with van der Waals surface area (Å²) in [5, 5.41) is 3.31. The molecule has 0 spiro atoms. The number of unbranched alkanes of at least 4 members (excludes halogenated alkanes) is 2. The number of hydrogen-bond acceptors (Lipinski definition) is 1. The minimum Gasteiger partial charge on any atom is -0.313 e. The van der Waals surface area contributed by atoms with Crippen molar-refractivity contribution in [2.45, 2.75) is 32.7 Å². The SMILES string of the molecule is CCCCCNCc1cc(F)ccc1Br. The van der Waals surface area contributed by atoms with Crippen molar-refractivity contribution in [1.82, 2.24) is 5.32 Å². The predicted octanol–water partition coefficient (Wildman–Crippen LogP) is 3.87. The fourth-order valence-electron chi connectivity index (χ4n) is 1.40. The Morgan fingerprint density at radius 1 is 1.33 bits per heavy atom. The Bertz CT molecular complexity index is 302. The number of benzene rings is 1. The highest BCUT2D eigenvalue weighted by molar-refractivity contribution is 9.10. The Labute approximate surface area is 99.2 Å². The van der Waals surface area contributed by atoms with Gasteiger partial charge in [-0.2, -0.15) is 0 Å². The van der Waals surface area contributed by atoms with Crippen LogP contribution in [0.1, 0.15) is 31.7 Å². The molecule has 0 amide bonds. The average Bonchev–Trinajstić information content (AvgIpc) is 2.23. The number of halogens is 2. The molecule has 0 radical (unpaired) electrons. The van der Waals surface area contributed by atoms with Crippen molar-refractivity contribution in [3.63, 3.8) is 0 Å². The van der Waals surface area contributed by atoms with E-state index in [4.69, 9.17) is 0 Å². The van der Waals surface area contributed by atoms with Gasteiger partial charge in [0.05, 0.1) is 0 Å². The van der Waals surface area contributed by atoms with Crippen molar-refractivity contribution in [1.29, 1.82) is 0 Å². The van der Waals surface area contributed by atoms with Crippen LogP contribution in [0.4, 0.5) is 4.39 Å². The Kier molecular flexibility index (Phi) is 5.88. The molecule has 1 aromatic rings. The van der Waals surface area contributed by atoms with Crippen molar-refractivity contribution in [2.75, 3.05) is 6.54 Å². The lowest BCUT2D eigenvalue weighted by Crippen LogP contribution is -2.15. The highest BCUT2D eigenvalue weighted by atomic mass is 79.9. The number of hydrogen-bond donors (Lipinski definition) is 1. The third-order valence-corrected chi connectivity index (χ3v) is 3.05. The summed E-state index contributed by atoms with van der Waals surface area (Å²) in [6.45, 7) is 3.90. The Morgan fingerprint density at radius 2 is 2.13 bits per heavy atom. The van der Waals surface area contributed by atoms with E-state index in [1.54, 1.807) is 12.1 Å². The second-order valence-electron chi connectivity index (χ2n) is 3.62. The summed E-state index contributed by atoms with van der Waals surface area (Å²) in [5.74, 6) is -0.177. The largest absolute Gasteiger partial charge is 0.313 e. The first-order valence-corrected chi connectivity index (χ1v) is 6.18. The molecule has 1 rings (SSSR count). The van der Waals surface area contributed by atoms with Gasteiger partial charge in [-0.25, -0.2) is 4.39 Å². The molecule has 1 N–H and O–H groups in total. The molecule has 0 bridgehead atoms. The van der Waals surface area contributed by atoms with E-state index in [1.807, 2.05) is 0 Å². The van der Waals surface area contributed by atoms with Crippen LogP contribution in [0, 0.1) is 5.82 Å². The van der Waals surface area contributed by atoms with Crippen molar-refractivity contribution in [2.24, 2.45) is 0 Å². The third-order valence-electron chi connectivity index (χ3n) is 2.28. The zero-order valence-electron chi connectivity index (χ0n) is 9.02. The van der Waals surface area contributed by atoms with Crippen LogP contribution in [0.15, 0.2) is 22.7 Å². The molecule has 1 nitrogen and oxygen atoms in total. The van der Waals surface area contributed by atoms with E-state index in [9.17, 15) is 4.39 Å². The van der Waals surface area contributed by atoms with E-state index in [-0.39, 0.29) is 5.82 Å². The monoisotopic (exact) mass is 273 g/mol. The average molecular weight is 274 g/mol. The molecule has 0 unspecified atom stereocenters. The second-order valence-corrected chi connectivity index (χ2v) is 4.47. The summed E-state index contributed by atoms with van der Waals surface area (Å²) >= 11 is 3.41. The molecule has 0 heterocycles. The summed E-state index contributed by atoms with van der Waals surface area (Å²) in [4.78, 5) is 0. The minimum absolute atomic E-state index is 0.177. The zero-order chi connectivity index (χ0) is 11.1. The van der Waals surface area contributed by atoms with E-state index < -0.39 is 0 Å². The molecule has 0 saturated heterocycles. The molecule has 3 heteroatoms. The van der Waals surface area contributed by atoms with Crippen molar-refractivity contribution in [3.05, 3.63) is 34.1 Å². The summed E-state index contributed by atoms with van der Waals surface area (Å²) in [7, 11) is 0. The van der Waals surface area contributed by atoms with Gasteiger partial charge in [0.1, 0.15) is 5.82 Å². The first-order chi connectivity index (χ1) is 7.24. The standard InChI is InChI=1S/C12H17BrFN/c1-2-3-4-7-15-9-10-8-11(14)5-6-12(10)13/h5-6,8,15H,2-4,7,9H2,1H3. The van der Waals surface area contributed by atoms with Crippen LogP contribution in [0.2, 0.25) is 0 Å².